The Bertz CT molecular complexity index is 1630. The minimum absolute atomic E-state index is 0.205. The molecule has 1 amide bonds. The normalized spacial score (nSPS) is 14.4. The van der Waals surface area contributed by atoms with Crippen molar-refractivity contribution in [3.8, 4) is 10.6 Å². The molecule has 42 heavy (non-hydrogen) atoms. The van der Waals surface area contributed by atoms with Crippen LogP contribution in [0.5, 0.6) is 0 Å². The minimum Gasteiger partial charge on any atom is -0.313 e. The monoisotopic (exact) mass is 624 g/mol. The molecule has 3 heterocycles. The minimum atomic E-state index is -3.67. The highest BCUT2D eigenvalue weighted by atomic mass is 32.2. The average molecular weight is 625 g/mol. The molecule has 1 aliphatic heterocycles. The first-order valence-corrected chi connectivity index (χ1v) is 17.7. The van der Waals surface area contributed by atoms with Crippen LogP contribution >= 0.6 is 22.7 Å². The zero-order valence-electron chi connectivity index (χ0n) is 25.2. The number of hydrogen-bond acceptors (Lipinski definition) is 7. The predicted octanol–water partition coefficient (Wildman–Crippen LogP) is 7.35. The lowest BCUT2D eigenvalue weighted by molar-refractivity contribution is 0.102. The molecular formula is C32H40N4O3S3. The van der Waals surface area contributed by atoms with Crippen LogP contribution in [-0.2, 0) is 23.0 Å². The number of anilines is 1. The van der Waals surface area contributed by atoms with Crippen LogP contribution in [0.2, 0.25) is 0 Å². The topological polar surface area (TPSA) is 82.6 Å². The third kappa shape index (κ3) is 6.48. The number of rotatable bonds is 10. The van der Waals surface area contributed by atoms with E-state index in [0.29, 0.717) is 24.7 Å². The molecule has 2 aromatic carbocycles. The molecule has 0 radical (unpaired) electrons. The molecule has 0 unspecified atom stereocenters. The van der Waals surface area contributed by atoms with Gasteiger partial charge < -0.3 is 5.32 Å². The van der Waals surface area contributed by atoms with Crippen molar-refractivity contribution in [3.63, 3.8) is 0 Å². The molecule has 224 valence electrons. The van der Waals surface area contributed by atoms with Crippen LogP contribution < -0.4 is 5.32 Å². The molecular weight excluding hydrogens is 585 g/mol. The molecule has 4 aromatic rings. The Balaban J connectivity index is 1.44. The number of thiophene rings is 1. The number of benzene rings is 2. The Morgan fingerprint density at radius 2 is 1.64 bits per heavy atom. The highest BCUT2D eigenvalue weighted by Gasteiger charge is 2.29. The van der Waals surface area contributed by atoms with Gasteiger partial charge in [-0.05, 0) is 74.1 Å². The molecule has 0 bridgehead atoms. The Morgan fingerprint density at radius 1 is 0.976 bits per heavy atom. The number of amides is 1. The van der Waals surface area contributed by atoms with Crippen molar-refractivity contribution in [2.45, 2.75) is 65.4 Å². The molecule has 5 rings (SSSR count). The number of thiazole rings is 1. The van der Waals surface area contributed by atoms with Crippen molar-refractivity contribution in [1.29, 1.82) is 0 Å². The summed E-state index contributed by atoms with van der Waals surface area (Å²) >= 11 is 3.27. The third-order valence-corrected chi connectivity index (χ3v) is 11.5. The van der Waals surface area contributed by atoms with Gasteiger partial charge in [0.2, 0.25) is 10.0 Å². The van der Waals surface area contributed by atoms with E-state index in [4.69, 9.17) is 4.98 Å². The smallest absolute Gasteiger partial charge is 0.256 e. The first-order chi connectivity index (χ1) is 19.9. The molecule has 0 fully saturated rings. The van der Waals surface area contributed by atoms with E-state index in [1.54, 1.807) is 51.2 Å². The van der Waals surface area contributed by atoms with Gasteiger partial charge in [0.05, 0.1) is 15.1 Å². The summed E-state index contributed by atoms with van der Waals surface area (Å²) in [4.78, 5) is 22.4. The Kier molecular flexibility index (Phi) is 9.20. The van der Waals surface area contributed by atoms with E-state index >= 15 is 0 Å². The lowest BCUT2D eigenvalue weighted by atomic mass is 10.0. The fourth-order valence-electron chi connectivity index (χ4n) is 5.35. The number of nitrogens with one attached hydrogen (secondary N) is 1. The number of fused-ring (bicyclic) bond motifs is 2. The number of hydrogen-bond donors (Lipinski definition) is 1. The van der Waals surface area contributed by atoms with Gasteiger partial charge in [0, 0.05) is 48.2 Å². The molecule has 0 aliphatic carbocycles. The summed E-state index contributed by atoms with van der Waals surface area (Å²) < 4.78 is 29.6. The van der Waals surface area contributed by atoms with Gasteiger partial charge in [-0.1, -0.05) is 39.8 Å². The van der Waals surface area contributed by atoms with Crippen molar-refractivity contribution in [3.05, 3.63) is 64.5 Å². The van der Waals surface area contributed by atoms with Gasteiger partial charge in [-0.2, -0.15) is 4.31 Å². The van der Waals surface area contributed by atoms with Crippen LogP contribution in [0.1, 0.15) is 62.3 Å². The lowest BCUT2D eigenvalue weighted by Gasteiger charge is -2.30. The maximum absolute atomic E-state index is 13.5. The van der Waals surface area contributed by atoms with Gasteiger partial charge in [0.1, 0.15) is 10.0 Å². The summed E-state index contributed by atoms with van der Waals surface area (Å²) in [5, 5.41) is 4.89. The summed E-state index contributed by atoms with van der Waals surface area (Å²) in [5.41, 5.74) is 3.65. The zero-order valence-corrected chi connectivity index (χ0v) is 27.6. The summed E-state index contributed by atoms with van der Waals surface area (Å²) in [7, 11) is -3.67. The van der Waals surface area contributed by atoms with E-state index in [0.717, 1.165) is 45.3 Å². The fraction of sp³-hybridized carbons (Fsp3) is 0.438. The SMILES string of the molecule is CC(C)CN(CC(C)C)S(=O)(=O)c1ccc(C(=O)Nc2sc3c(c2-c2nc4ccccc4s2)CCN(C(C)C)C3)cc1. The maximum Gasteiger partial charge on any atom is 0.256 e. The van der Waals surface area contributed by atoms with E-state index in [1.165, 1.54) is 10.4 Å². The largest absolute Gasteiger partial charge is 0.313 e. The fourth-order valence-corrected chi connectivity index (χ4v) is 9.49. The number of carbonyl (C=O) groups is 1. The summed E-state index contributed by atoms with van der Waals surface area (Å²) in [6, 6.07) is 14.9. The van der Waals surface area contributed by atoms with Gasteiger partial charge in [-0.25, -0.2) is 13.4 Å². The first-order valence-electron chi connectivity index (χ1n) is 14.6. The number of nitrogens with zero attached hydrogens (tertiary/aromatic N) is 3. The maximum atomic E-state index is 13.5. The second-order valence-corrected chi connectivity index (χ2v) is 16.2. The molecule has 0 saturated heterocycles. The summed E-state index contributed by atoms with van der Waals surface area (Å²) in [5.74, 6) is 0.150. The predicted molar refractivity (Wildman–Crippen MR) is 175 cm³/mol. The zero-order chi connectivity index (χ0) is 30.2. The van der Waals surface area contributed by atoms with Crippen LogP contribution in [0.4, 0.5) is 5.00 Å². The number of carbonyl (C=O) groups excluding carboxylic acids is 1. The van der Waals surface area contributed by atoms with Crippen LogP contribution in [0, 0.1) is 11.8 Å². The highest BCUT2D eigenvalue weighted by Crippen LogP contribution is 2.46. The van der Waals surface area contributed by atoms with Crippen molar-refractivity contribution in [2.24, 2.45) is 11.8 Å². The van der Waals surface area contributed by atoms with Gasteiger partial charge in [-0.15, -0.1) is 22.7 Å². The Morgan fingerprint density at radius 3 is 2.26 bits per heavy atom. The quantitative estimate of drug-likeness (QED) is 0.200. The van der Waals surface area contributed by atoms with Gasteiger partial charge in [0.15, 0.2) is 0 Å². The molecule has 0 spiro atoms. The molecule has 7 nitrogen and oxygen atoms in total. The molecule has 0 saturated carbocycles. The summed E-state index contributed by atoms with van der Waals surface area (Å²) in [6.45, 7) is 15.2. The number of sulfonamides is 1. The van der Waals surface area contributed by atoms with Crippen molar-refractivity contribution < 1.29 is 13.2 Å². The number of para-hydroxylation sites is 1. The molecule has 1 N–H and O–H groups in total. The third-order valence-electron chi connectivity index (χ3n) is 7.44. The van der Waals surface area contributed by atoms with Gasteiger partial charge in [0.25, 0.3) is 5.91 Å². The molecule has 2 aromatic heterocycles. The van der Waals surface area contributed by atoms with E-state index in [9.17, 15) is 13.2 Å². The van der Waals surface area contributed by atoms with Gasteiger partial charge >= 0.3 is 0 Å². The highest BCUT2D eigenvalue weighted by molar-refractivity contribution is 7.89. The molecule has 1 aliphatic rings. The van der Waals surface area contributed by atoms with Gasteiger partial charge in [-0.3, -0.25) is 9.69 Å². The average Bonchev–Trinajstić information content (AvgIpc) is 3.52. The molecule has 10 heteroatoms. The standard InChI is InChI=1S/C32H40N4O3S3/c1-20(2)17-36(18-21(3)4)42(38,39)24-13-11-23(12-14-24)30(37)34-32-29(31-33-26-9-7-8-10-27(26)40-31)25-15-16-35(22(5)6)19-28(25)41-32/h7-14,20-22H,15-19H2,1-6H3,(H,34,37). The molecule has 0 atom stereocenters. The second-order valence-electron chi connectivity index (χ2n) is 12.1. The van der Waals surface area contributed by atoms with E-state index in [-0.39, 0.29) is 22.6 Å². The van der Waals surface area contributed by atoms with E-state index in [1.807, 2.05) is 45.9 Å². The van der Waals surface area contributed by atoms with Crippen LogP contribution in [0.25, 0.3) is 20.8 Å². The van der Waals surface area contributed by atoms with E-state index in [2.05, 4.69) is 30.1 Å². The lowest BCUT2D eigenvalue weighted by Crippen LogP contribution is -2.37. The van der Waals surface area contributed by atoms with Crippen molar-refractivity contribution in [1.82, 2.24) is 14.2 Å². The number of aromatic nitrogens is 1. The summed E-state index contributed by atoms with van der Waals surface area (Å²) in [6.07, 6.45) is 0.904. The van der Waals surface area contributed by atoms with Crippen LogP contribution in [0.15, 0.2) is 53.4 Å². The Labute approximate surface area is 257 Å². The van der Waals surface area contributed by atoms with Crippen molar-refractivity contribution in [2.75, 3.05) is 25.0 Å². The van der Waals surface area contributed by atoms with Crippen LogP contribution in [-0.4, -0.2) is 54.2 Å². The van der Waals surface area contributed by atoms with Crippen molar-refractivity contribution >= 4 is 53.8 Å². The Hall–Kier alpha value is -2.63. The first kappa shape index (κ1) is 30.8. The van der Waals surface area contributed by atoms with E-state index < -0.39 is 10.0 Å². The van der Waals surface area contributed by atoms with Crippen LogP contribution in [0.3, 0.4) is 0 Å². The second kappa shape index (κ2) is 12.5.